The number of rotatable bonds is 9. The molecule has 0 atom stereocenters. The van der Waals surface area contributed by atoms with Gasteiger partial charge in [0.15, 0.2) is 6.61 Å². The van der Waals surface area contributed by atoms with Crippen molar-refractivity contribution in [2.24, 2.45) is 0 Å². The van der Waals surface area contributed by atoms with Gasteiger partial charge in [-0.05, 0) is 43.7 Å². The van der Waals surface area contributed by atoms with E-state index in [-0.39, 0.29) is 12.5 Å². The second-order valence-electron chi connectivity index (χ2n) is 7.11. The third kappa shape index (κ3) is 7.41. The van der Waals surface area contributed by atoms with E-state index < -0.39 is 5.97 Å². The maximum Gasteiger partial charge on any atom is 0.331 e. The summed E-state index contributed by atoms with van der Waals surface area (Å²) in [5, 5.41) is 7.07. The van der Waals surface area contributed by atoms with E-state index in [0.717, 1.165) is 30.4 Å². The van der Waals surface area contributed by atoms with E-state index >= 15 is 0 Å². The fourth-order valence-electron chi connectivity index (χ4n) is 3.22. The molecule has 1 aliphatic rings. The monoisotopic (exact) mass is 393 g/mol. The summed E-state index contributed by atoms with van der Waals surface area (Å²) in [6.07, 6.45) is 14.4. The van der Waals surface area contributed by atoms with Crippen molar-refractivity contribution in [3.8, 4) is 0 Å². The summed E-state index contributed by atoms with van der Waals surface area (Å²) in [5.74, 6) is -0.829. The highest BCUT2D eigenvalue weighted by Crippen LogP contribution is 2.19. The summed E-state index contributed by atoms with van der Waals surface area (Å²) in [6, 6.07) is 10.0. The number of allylic oxidation sites excluding steroid dienone is 1. The SMILES string of the molecule is O=C(COC(=O)/C=C/c1cnn(Cc2ccccc2)c1)NCCC1=CCCCC1. The minimum Gasteiger partial charge on any atom is -0.452 e. The molecule has 1 N–H and O–H groups in total. The third-order valence-electron chi connectivity index (χ3n) is 4.75. The molecule has 0 unspecified atom stereocenters. The molecule has 0 radical (unpaired) electrons. The van der Waals surface area contributed by atoms with Crippen molar-refractivity contribution in [1.29, 1.82) is 0 Å². The van der Waals surface area contributed by atoms with Gasteiger partial charge in [0.1, 0.15) is 0 Å². The van der Waals surface area contributed by atoms with Gasteiger partial charge >= 0.3 is 5.97 Å². The topological polar surface area (TPSA) is 73.2 Å². The number of carbonyl (C=O) groups is 2. The third-order valence-corrected chi connectivity index (χ3v) is 4.75. The van der Waals surface area contributed by atoms with E-state index in [1.54, 1.807) is 17.0 Å². The molecule has 1 heterocycles. The van der Waals surface area contributed by atoms with Gasteiger partial charge in [0.05, 0.1) is 12.7 Å². The molecular weight excluding hydrogens is 366 g/mol. The first-order chi connectivity index (χ1) is 14.2. The van der Waals surface area contributed by atoms with E-state index in [9.17, 15) is 9.59 Å². The fraction of sp³-hybridized carbons (Fsp3) is 0.348. The van der Waals surface area contributed by atoms with Gasteiger partial charge in [-0.3, -0.25) is 9.48 Å². The van der Waals surface area contributed by atoms with Gasteiger partial charge in [0, 0.05) is 24.4 Å². The van der Waals surface area contributed by atoms with E-state index in [1.807, 2.05) is 36.5 Å². The van der Waals surface area contributed by atoms with Gasteiger partial charge in [-0.15, -0.1) is 0 Å². The Kier molecular flexibility index (Phi) is 7.81. The van der Waals surface area contributed by atoms with Gasteiger partial charge in [-0.2, -0.15) is 5.10 Å². The van der Waals surface area contributed by atoms with Gasteiger partial charge < -0.3 is 10.1 Å². The lowest BCUT2D eigenvalue weighted by atomic mass is 9.97. The highest BCUT2D eigenvalue weighted by Gasteiger charge is 2.07. The molecule has 0 saturated heterocycles. The van der Waals surface area contributed by atoms with Crippen LogP contribution in [0.1, 0.15) is 43.2 Å². The molecule has 0 bridgehead atoms. The molecule has 6 heteroatoms. The van der Waals surface area contributed by atoms with Crippen LogP contribution in [0.2, 0.25) is 0 Å². The summed E-state index contributed by atoms with van der Waals surface area (Å²) >= 11 is 0. The first kappa shape index (κ1) is 20.6. The lowest BCUT2D eigenvalue weighted by Gasteiger charge is -2.12. The van der Waals surface area contributed by atoms with Crippen molar-refractivity contribution in [1.82, 2.24) is 15.1 Å². The number of esters is 1. The molecule has 6 nitrogen and oxygen atoms in total. The first-order valence-corrected chi connectivity index (χ1v) is 10.0. The van der Waals surface area contributed by atoms with Crippen LogP contribution in [-0.4, -0.2) is 34.8 Å². The highest BCUT2D eigenvalue weighted by molar-refractivity contribution is 5.89. The quantitative estimate of drug-likeness (QED) is 0.402. The van der Waals surface area contributed by atoms with Crippen molar-refractivity contribution in [2.75, 3.05) is 13.2 Å². The number of hydrogen-bond donors (Lipinski definition) is 1. The van der Waals surface area contributed by atoms with Crippen LogP contribution >= 0.6 is 0 Å². The summed E-state index contributed by atoms with van der Waals surface area (Å²) in [6.45, 7) is 0.977. The van der Waals surface area contributed by atoms with Crippen LogP contribution in [0.3, 0.4) is 0 Å². The molecular formula is C23H27N3O3. The molecule has 0 fully saturated rings. The molecule has 0 aliphatic heterocycles. The summed E-state index contributed by atoms with van der Waals surface area (Å²) in [7, 11) is 0. The predicted molar refractivity (Wildman–Crippen MR) is 112 cm³/mol. The Morgan fingerprint density at radius 2 is 2.07 bits per heavy atom. The smallest absolute Gasteiger partial charge is 0.331 e. The number of ether oxygens (including phenoxy) is 1. The van der Waals surface area contributed by atoms with Crippen molar-refractivity contribution < 1.29 is 14.3 Å². The van der Waals surface area contributed by atoms with E-state index in [2.05, 4.69) is 16.5 Å². The molecule has 3 rings (SSSR count). The lowest BCUT2D eigenvalue weighted by Crippen LogP contribution is -2.29. The molecule has 1 amide bonds. The Balaban J connectivity index is 1.35. The van der Waals surface area contributed by atoms with Gasteiger partial charge in [-0.1, -0.05) is 42.0 Å². The predicted octanol–water partition coefficient (Wildman–Crippen LogP) is 3.49. The number of nitrogens with zero attached hydrogens (tertiary/aromatic N) is 2. The average molecular weight is 393 g/mol. The number of nitrogens with one attached hydrogen (secondary N) is 1. The normalized spacial score (nSPS) is 13.9. The molecule has 1 aromatic carbocycles. The molecule has 152 valence electrons. The standard InChI is InChI=1S/C23H27N3O3/c27-22(24-14-13-19-7-3-1-4-8-19)18-29-23(28)12-11-21-15-25-26(17-21)16-20-9-5-2-6-10-20/h2,5-7,9-12,15,17H,1,3-4,8,13-14,16,18H2,(H,24,27)/b12-11+. The van der Waals surface area contributed by atoms with Crippen LogP contribution in [-0.2, 0) is 20.9 Å². The largest absolute Gasteiger partial charge is 0.452 e. The van der Waals surface area contributed by atoms with Crippen LogP contribution < -0.4 is 5.32 Å². The summed E-state index contributed by atoms with van der Waals surface area (Å²) < 4.78 is 6.79. The maximum atomic E-state index is 11.8. The highest BCUT2D eigenvalue weighted by atomic mass is 16.5. The van der Waals surface area contributed by atoms with Crippen LogP contribution in [0.4, 0.5) is 0 Å². The second kappa shape index (κ2) is 11.0. The molecule has 1 aromatic heterocycles. The number of hydrogen-bond acceptors (Lipinski definition) is 4. The van der Waals surface area contributed by atoms with Crippen LogP contribution in [0, 0.1) is 0 Å². The molecule has 2 aromatic rings. The number of carbonyl (C=O) groups excluding carboxylic acids is 2. The second-order valence-corrected chi connectivity index (χ2v) is 7.11. The van der Waals surface area contributed by atoms with Crippen molar-refractivity contribution in [2.45, 2.75) is 38.6 Å². The fourth-order valence-corrected chi connectivity index (χ4v) is 3.22. The Labute approximate surface area is 171 Å². The van der Waals surface area contributed by atoms with E-state index in [1.165, 1.54) is 24.5 Å². The van der Waals surface area contributed by atoms with Crippen molar-refractivity contribution in [3.63, 3.8) is 0 Å². The molecule has 0 spiro atoms. The van der Waals surface area contributed by atoms with Crippen LogP contribution in [0.15, 0.2) is 60.5 Å². The molecule has 0 saturated carbocycles. The molecule has 1 aliphatic carbocycles. The Hall–Kier alpha value is -3.15. The zero-order valence-electron chi connectivity index (χ0n) is 16.5. The van der Waals surface area contributed by atoms with E-state index in [4.69, 9.17) is 4.74 Å². The molecule has 29 heavy (non-hydrogen) atoms. The van der Waals surface area contributed by atoms with Crippen molar-refractivity contribution >= 4 is 18.0 Å². The zero-order chi connectivity index (χ0) is 20.3. The summed E-state index contributed by atoms with van der Waals surface area (Å²) in [4.78, 5) is 23.6. The summed E-state index contributed by atoms with van der Waals surface area (Å²) in [5.41, 5.74) is 3.35. The number of amides is 1. The van der Waals surface area contributed by atoms with Gasteiger partial charge in [-0.25, -0.2) is 4.79 Å². The van der Waals surface area contributed by atoms with Crippen LogP contribution in [0.5, 0.6) is 0 Å². The average Bonchev–Trinajstić information content (AvgIpc) is 3.19. The number of aromatic nitrogens is 2. The Morgan fingerprint density at radius 1 is 1.21 bits per heavy atom. The van der Waals surface area contributed by atoms with E-state index in [0.29, 0.717) is 13.1 Å². The first-order valence-electron chi connectivity index (χ1n) is 10.0. The zero-order valence-corrected chi connectivity index (χ0v) is 16.5. The number of benzene rings is 1. The minimum absolute atomic E-state index is 0.268. The van der Waals surface area contributed by atoms with Crippen molar-refractivity contribution in [3.05, 3.63) is 71.6 Å². The van der Waals surface area contributed by atoms with Gasteiger partial charge in [0.2, 0.25) is 0 Å². The van der Waals surface area contributed by atoms with Crippen LogP contribution in [0.25, 0.3) is 6.08 Å². The minimum atomic E-state index is -0.550. The van der Waals surface area contributed by atoms with Gasteiger partial charge in [0.25, 0.3) is 5.91 Å². The maximum absolute atomic E-state index is 11.8. The lowest BCUT2D eigenvalue weighted by molar-refractivity contribution is -0.143. The Bertz CT molecular complexity index is 869. The Morgan fingerprint density at radius 3 is 2.86 bits per heavy atom.